The van der Waals surface area contributed by atoms with Gasteiger partial charge in [-0.2, -0.15) is 0 Å². The summed E-state index contributed by atoms with van der Waals surface area (Å²) in [6.45, 7) is 0. The van der Waals surface area contributed by atoms with Gasteiger partial charge >= 0.3 is 0 Å². The highest BCUT2D eigenvalue weighted by Gasteiger charge is 2.25. The van der Waals surface area contributed by atoms with Gasteiger partial charge in [-0.15, -0.1) is 0 Å². The minimum atomic E-state index is -0.808. The maximum Gasteiger partial charge on any atom is 0.263 e. The first-order valence-corrected chi connectivity index (χ1v) is 9.08. The van der Waals surface area contributed by atoms with Crippen molar-refractivity contribution in [3.63, 3.8) is 0 Å². The van der Waals surface area contributed by atoms with Crippen LogP contribution in [0.25, 0.3) is 0 Å². The summed E-state index contributed by atoms with van der Waals surface area (Å²) in [5, 5.41) is 3.17. The van der Waals surface area contributed by atoms with Crippen molar-refractivity contribution in [2.24, 2.45) is 4.99 Å². The van der Waals surface area contributed by atoms with E-state index >= 15 is 0 Å². The number of benzene rings is 2. The topological polar surface area (TPSA) is 107 Å². The fourth-order valence-electron chi connectivity index (χ4n) is 2.55. The molecule has 0 bridgehead atoms. The molecule has 1 aliphatic heterocycles. The summed E-state index contributed by atoms with van der Waals surface area (Å²) in [6.07, 6.45) is 0.426. The number of carbonyl (C=O) groups is 2. The smallest absolute Gasteiger partial charge is 0.263 e. The molecule has 0 spiro atoms. The van der Waals surface area contributed by atoms with E-state index in [2.05, 4.69) is 32.0 Å². The third-order valence-corrected chi connectivity index (χ3v) is 4.09. The maximum absolute atomic E-state index is 12.1. The van der Waals surface area contributed by atoms with E-state index in [1.165, 1.54) is 0 Å². The highest BCUT2D eigenvalue weighted by Crippen LogP contribution is 2.07. The molecule has 1 atom stereocenters. The number of anilines is 1. The van der Waals surface area contributed by atoms with E-state index in [-0.39, 0.29) is 17.4 Å². The van der Waals surface area contributed by atoms with Crippen molar-refractivity contribution in [2.75, 3.05) is 5.32 Å². The van der Waals surface area contributed by atoms with Crippen LogP contribution in [0.3, 0.4) is 0 Å². The lowest BCUT2D eigenvalue weighted by Crippen LogP contribution is -2.53. The van der Waals surface area contributed by atoms with Crippen molar-refractivity contribution in [3.05, 3.63) is 66.2 Å². The van der Waals surface area contributed by atoms with Gasteiger partial charge in [-0.3, -0.25) is 36.3 Å². The Morgan fingerprint density at radius 3 is 2.39 bits per heavy atom. The average molecular weight is 396 g/mol. The van der Waals surface area contributed by atoms with E-state index in [1.54, 1.807) is 0 Å². The summed E-state index contributed by atoms with van der Waals surface area (Å²) in [4.78, 5) is 28.5. The molecule has 0 saturated heterocycles. The maximum atomic E-state index is 12.1. The van der Waals surface area contributed by atoms with E-state index in [0.717, 1.165) is 11.3 Å². The number of hydrazine groups is 2. The fraction of sp³-hybridized carbons (Fsp3) is 0.158. The van der Waals surface area contributed by atoms with Gasteiger partial charge in [0.05, 0.1) is 6.42 Å². The Labute approximate surface area is 167 Å². The predicted molar refractivity (Wildman–Crippen MR) is 111 cm³/mol. The van der Waals surface area contributed by atoms with Crippen LogP contribution in [0.15, 0.2) is 65.7 Å². The van der Waals surface area contributed by atoms with Gasteiger partial charge in [-0.1, -0.05) is 48.5 Å². The lowest BCUT2D eigenvalue weighted by Gasteiger charge is -2.22. The Bertz CT molecular complexity index is 873. The van der Waals surface area contributed by atoms with Crippen molar-refractivity contribution >= 4 is 40.7 Å². The Kier molecular flexibility index (Phi) is 6.53. The first-order valence-electron chi connectivity index (χ1n) is 8.67. The predicted octanol–water partition coefficient (Wildman–Crippen LogP) is 1.04. The van der Waals surface area contributed by atoms with Crippen LogP contribution >= 0.6 is 12.2 Å². The molecule has 1 heterocycles. The van der Waals surface area contributed by atoms with E-state index < -0.39 is 11.9 Å². The van der Waals surface area contributed by atoms with Crippen molar-refractivity contribution in [3.8, 4) is 0 Å². The standard InChI is InChI=1S/C19H20N6O2S/c26-17(23-25-19(28)20-14-9-5-2-6-10-14)12-15-18(27)24-22-16(21-15)11-13-7-3-1-4-8-13/h1-10,15H,11-12H2,(H,21,22)(H,23,26)(H,24,27)(H2,20,25,28)/t15-/m1/s1. The van der Waals surface area contributed by atoms with Gasteiger partial charge in [0.15, 0.2) is 5.11 Å². The van der Waals surface area contributed by atoms with Crippen LogP contribution in [0.1, 0.15) is 12.0 Å². The number of amidine groups is 1. The molecule has 0 saturated carbocycles. The number of aliphatic imine (C=N–C) groups is 1. The number of carbonyl (C=O) groups excluding carboxylic acids is 2. The molecule has 1 aliphatic rings. The van der Waals surface area contributed by atoms with Gasteiger partial charge in [0.1, 0.15) is 11.9 Å². The molecule has 0 radical (unpaired) electrons. The van der Waals surface area contributed by atoms with Crippen molar-refractivity contribution in [2.45, 2.75) is 18.9 Å². The normalized spacial score (nSPS) is 15.5. The van der Waals surface area contributed by atoms with Crippen molar-refractivity contribution in [1.82, 2.24) is 21.7 Å². The third kappa shape index (κ3) is 5.78. The molecule has 3 rings (SSSR count). The second kappa shape index (κ2) is 9.47. The molecule has 144 valence electrons. The molecule has 0 aromatic heterocycles. The monoisotopic (exact) mass is 396 g/mol. The Morgan fingerprint density at radius 1 is 1.00 bits per heavy atom. The number of hydrogen-bond donors (Lipinski definition) is 5. The number of para-hydroxylation sites is 1. The third-order valence-electron chi connectivity index (χ3n) is 3.88. The van der Waals surface area contributed by atoms with Gasteiger partial charge in [0.25, 0.3) is 5.91 Å². The molecule has 2 amide bonds. The van der Waals surface area contributed by atoms with E-state index in [1.807, 2.05) is 60.7 Å². The lowest BCUT2D eigenvalue weighted by atomic mass is 10.1. The van der Waals surface area contributed by atoms with E-state index in [0.29, 0.717) is 12.3 Å². The van der Waals surface area contributed by atoms with Crippen LogP contribution in [-0.4, -0.2) is 28.8 Å². The second-order valence-corrected chi connectivity index (χ2v) is 6.47. The van der Waals surface area contributed by atoms with Gasteiger partial charge in [-0.05, 0) is 29.9 Å². The van der Waals surface area contributed by atoms with Gasteiger partial charge in [-0.25, -0.2) is 0 Å². The summed E-state index contributed by atoms with van der Waals surface area (Å²) >= 11 is 5.12. The summed E-state index contributed by atoms with van der Waals surface area (Å²) in [7, 11) is 0. The number of nitrogens with zero attached hydrogens (tertiary/aromatic N) is 1. The highest BCUT2D eigenvalue weighted by atomic mass is 32.1. The van der Waals surface area contributed by atoms with Crippen LogP contribution in [0, 0.1) is 0 Å². The molecule has 2 aromatic carbocycles. The first kappa shape index (κ1) is 19.3. The highest BCUT2D eigenvalue weighted by molar-refractivity contribution is 7.80. The van der Waals surface area contributed by atoms with Crippen molar-refractivity contribution < 1.29 is 9.59 Å². The minimum absolute atomic E-state index is 0.104. The van der Waals surface area contributed by atoms with Gasteiger partial charge in [0.2, 0.25) is 5.91 Å². The largest absolute Gasteiger partial charge is 0.331 e. The van der Waals surface area contributed by atoms with Crippen LogP contribution in [0.5, 0.6) is 0 Å². The molecule has 8 nitrogen and oxygen atoms in total. The second-order valence-electron chi connectivity index (χ2n) is 6.07. The molecule has 2 aromatic rings. The zero-order valence-electron chi connectivity index (χ0n) is 14.9. The molecule has 9 heteroatoms. The van der Waals surface area contributed by atoms with Gasteiger partial charge < -0.3 is 5.32 Å². The van der Waals surface area contributed by atoms with Crippen molar-refractivity contribution in [1.29, 1.82) is 0 Å². The lowest BCUT2D eigenvalue weighted by molar-refractivity contribution is -0.128. The number of thiocarbonyl (C=S) groups is 1. The molecule has 0 unspecified atom stereocenters. The quantitative estimate of drug-likeness (QED) is 0.382. The van der Waals surface area contributed by atoms with Crippen LogP contribution < -0.4 is 27.0 Å². The Morgan fingerprint density at radius 2 is 1.68 bits per heavy atom. The summed E-state index contributed by atoms with van der Waals surface area (Å²) < 4.78 is 0. The number of hydrogen-bond acceptors (Lipinski definition) is 5. The van der Waals surface area contributed by atoms with Crippen LogP contribution in [0.4, 0.5) is 5.69 Å². The summed E-state index contributed by atoms with van der Waals surface area (Å²) in [5.74, 6) is -0.170. The molecule has 28 heavy (non-hydrogen) atoms. The van der Waals surface area contributed by atoms with Crippen LogP contribution in [-0.2, 0) is 16.0 Å². The average Bonchev–Trinajstić information content (AvgIpc) is 2.70. The van der Waals surface area contributed by atoms with Gasteiger partial charge in [0, 0.05) is 12.1 Å². The molecule has 0 fully saturated rings. The fourth-order valence-corrected chi connectivity index (χ4v) is 2.72. The summed E-state index contributed by atoms with van der Waals surface area (Å²) in [6, 6.07) is 18.2. The number of rotatable bonds is 5. The Hall–Kier alpha value is -3.46. The van der Waals surface area contributed by atoms with Crippen LogP contribution in [0.2, 0.25) is 0 Å². The number of nitrogens with one attached hydrogen (secondary N) is 5. The summed E-state index contributed by atoms with van der Waals surface area (Å²) in [5.41, 5.74) is 12.2. The zero-order valence-corrected chi connectivity index (χ0v) is 15.8. The molecular weight excluding hydrogens is 376 g/mol. The minimum Gasteiger partial charge on any atom is -0.331 e. The molecule has 5 N–H and O–H groups in total. The Balaban J connectivity index is 1.49. The molecular formula is C19H20N6O2S. The van der Waals surface area contributed by atoms with E-state index in [9.17, 15) is 9.59 Å². The molecule has 0 aliphatic carbocycles. The first-order chi connectivity index (χ1) is 13.6. The zero-order chi connectivity index (χ0) is 19.8. The van der Waals surface area contributed by atoms with E-state index in [4.69, 9.17) is 12.2 Å². The number of amides is 2. The SMILES string of the molecule is O=C(C[C@H]1N=C(Cc2ccccc2)NNC1=O)NNC(=S)Nc1ccccc1.